The Morgan fingerprint density at radius 2 is 1.52 bits per heavy atom. The van der Waals surface area contributed by atoms with E-state index in [1.54, 1.807) is 36.4 Å². The van der Waals surface area contributed by atoms with Gasteiger partial charge in [-0.25, -0.2) is 0 Å². The number of thioether (sulfide) groups is 1. The van der Waals surface area contributed by atoms with Crippen molar-refractivity contribution in [2.24, 2.45) is 0 Å². The number of unbranched alkanes of at least 4 members (excludes halogenated alkanes) is 1. The van der Waals surface area contributed by atoms with Gasteiger partial charge in [-0.15, -0.1) is 10.2 Å². The molecule has 0 aliphatic carbocycles. The lowest BCUT2D eigenvalue weighted by molar-refractivity contribution is 0.301. The van der Waals surface area contributed by atoms with Crippen molar-refractivity contribution in [3.05, 3.63) is 57.2 Å². The van der Waals surface area contributed by atoms with Gasteiger partial charge in [-0.05, 0) is 43.2 Å². The van der Waals surface area contributed by atoms with E-state index in [9.17, 15) is 13.2 Å². The number of hydrogen-bond donors (Lipinski definition) is 0. The Bertz CT molecular complexity index is 2140. The molecule has 0 radical (unpaired) electrons. The molecular weight excluding hydrogens is 760 g/mol. The van der Waals surface area contributed by atoms with E-state index < -0.39 is 15.5 Å². The molecule has 0 unspecified atom stereocenters. The van der Waals surface area contributed by atoms with Gasteiger partial charge in [0.2, 0.25) is 22.8 Å². The third-order valence-electron chi connectivity index (χ3n) is 7.35. The fraction of sp³-hybridized carbons (Fsp3) is 0.303. The van der Waals surface area contributed by atoms with Crippen molar-refractivity contribution in [2.45, 2.75) is 23.0 Å². The molecule has 2 heterocycles. The number of ether oxygens (including phenoxy) is 6. The number of rotatable bonds is 16. The third kappa shape index (κ3) is 7.65. The Morgan fingerprint density at radius 1 is 0.800 bits per heavy atom. The maximum atomic E-state index is 14.0. The molecule has 5 aromatic rings. The molecule has 17 heteroatoms. The molecule has 0 spiro atoms. The van der Waals surface area contributed by atoms with Crippen LogP contribution in [0.1, 0.15) is 12.8 Å². The minimum absolute atomic E-state index is 0.0275. The Kier molecular flexibility index (Phi) is 11.8. The summed E-state index contributed by atoms with van der Waals surface area (Å²) in [6.07, 6.45) is 1.18. The van der Waals surface area contributed by atoms with Gasteiger partial charge < -0.3 is 37.3 Å². The molecule has 5 rings (SSSR count). The lowest BCUT2D eigenvalue weighted by Crippen LogP contribution is -2.12. The van der Waals surface area contributed by atoms with Crippen LogP contribution in [0.3, 0.4) is 0 Å². The molecule has 0 N–H and O–H groups in total. The fourth-order valence-corrected chi connectivity index (χ4v) is 6.90. The third-order valence-corrected chi connectivity index (χ3v) is 10.1. The van der Waals surface area contributed by atoms with Gasteiger partial charge in [0.05, 0.1) is 54.8 Å². The van der Waals surface area contributed by atoms with Crippen molar-refractivity contribution in [1.29, 1.82) is 0 Å². The molecule has 0 saturated carbocycles. The fourth-order valence-electron chi connectivity index (χ4n) is 4.95. The van der Waals surface area contributed by atoms with Crippen molar-refractivity contribution >= 4 is 48.8 Å². The number of fused-ring (bicyclic) bond motifs is 1. The summed E-state index contributed by atoms with van der Waals surface area (Å²) in [6.45, 7) is 0.165. The van der Waals surface area contributed by atoms with Crippen molar-refractivity contribution in [3.8, 4) is 57.3 Å². The Morgan fingerprint density at radius 3 is 2.16 bits per heavy atom. The minimum Gasteiger partial charge on any atom is -0.496 e. The molecule has 0 atom stereocenters. The quantitative estimate of drug-likeness (QED) is 0.0595. The lowest BCUT2D eigenvalue weighted by atomic mass is 10.1. The van der Waals surface area contributed by atoms with Gasteiger partial charge in [0, 0.05) is 27.9 Å². The van der Waals surface area contributed by atoms with Crippen molar-refractivity contribution in [3.63, 3.8) is 0 Å². The second kappa shape index (κ2) is 16.1. The Hall–Kier alpha value is -4.45. The molecule has 0 fully saturated rings. The largest absolute Gasteiger partial charge is 0.496 e. The maximum Gasteiger partial charge on any atom is 0.297 e. The average molecular weight is 794 g/mol. The van der Waals surface area contributed by atoms with E-state index in [0.29, 0.717) is 51.6 Å². The van der Waals surface area contributed by atoms with Crippen LogP contribution in [0, 0.1) is 0 Å². The Balaban J connectivity index is 1.36. The smallest absolute Gasteiger partial charge is 0.297 e. The first-order valence-electron chi connectivity index (χ1n) is 14.8. The van der Waals surface area contributed by atoms with Crippen LogP contribution >= 0.6 is 27.7 Å². The molecule has 266 valence electrons. The zero-order valence-electron chi connectivity index (χ0n) is 27.9. The van der Waals surface area contributed by atoms with Gasteiger partial charge in [-0.3, -0.25) is 8.98 Å². The van der Waals surface area contributed by atoms with E-state index in [1.165, 1.54) is 53.4 Å². The molecule has 2 aromatic heterocycles. The molecule has 0 aliphatic heterocycles. The zero-order valence-corrected chi connectivity index (χ0v) is 31.1. The highest BCUT2D eigenvalue weighted by Crippen LogP contribution is 2.44. The number of halogens is 1. The van der Waals surface area contributed by atoms with Crippen molar-refractivity contribution in [2.75, 3.05) is 55.0 Å². The summed E-state index contributed by atoms with van der Waals surface area (Å²) in [5.41, 5.74) is 0.447. The van der Waals surface area contributed by atoms with E-state index in [4.69, 9.17) is 37.3 Å². The first-order chi connectivity index (χ1) is 24.1. The maximum absolute atomic E-state index is 14.0. The zero-order chi connectivity index (χ0) is 36.0. The number of hydrogen-bond acceptors (Lipinski definition) is 15. The summed E-state index contributed by atoms with van der Waals surface area (Å²) in [4.78, 5) is 13.9. The van der Waals surface area contributed by atoms with E-state index in [0.717, 1.165) is 7.11 Å². The SMILES string of the molecule is COc1cc(OC)c2c(=O)c(OCCCCSc3nnc(-c4cc(Br)ccc4S(=O)(=O)OC)o3)c(-c3cc(OC)c(OC)c(OC)c3)oc2c1. The van der Waals surface area contributed by atoms with Crippen LogP contribution in [-0.4, -0.2) is 73.6 Å². The molecule has 0 bridgehead atoms. The van der Waals surface area contributed by atoms with Crippen LogP contribution in [0.5, 0.6) is 34.5 Å². The molecular formula is C33H33BrN2O12S2. The predicted octanol–water partition coefficient (Wildman–Crippen LogP) is 6.60. The van der Waals surface area contributed by atoms with E-state index in [2.05, 4.69) is 30.3 Å². The van der Waals surface area contributed by atoms with Gasteiger partial charge in [0.1, 0.15) is 27.4 Å². The topological polar surface area (TPSA) is 168 Å². The molecule has 3 aromatic carbocycles. The summed E-state index contributed by atoms with van der Waals surface area (Å²) in [7, 11) is 4.48. The molecule has 0 saturated heterocycles. The minimum atomic E-state index is -4.02. The lowest BCUT2D eigenvalue weighted by Gasteiger charge is -2.17. The summed E-state index contributed by atoms with van der Waals surface area (Å²) >= 11 is 4.64. The normalized spacial score (nSPS) is 11.4. The molecule has 50 heavy (non-hydrogen) atoms. The second-order valence-corrected chi connectivity index (χ2v) is 13.9. The van der Waals surface area contributed by atoms with Crippen LogP contribution in [0.4, 0.5) is 0 Å². The molecule has 14 nitrogen and oxygen atoms in total. The number of methoxy groups -OCH3 is 5. The van der Waals surface area contributed by atoms with E-state index >= 15 is 0 Å². The monoisotopic (exact) mass is 792 g/mol. The van der Waals surface area contributed by atoms with Crippen molar-refractivity contribution in [1.82, 2.24) is 10.2 Å². The number of nitrogens with zero attached hydrogens (tertiary/aromatic N) is 2. The van der Waals surface area contributed by atoms with Gasteiger partial charge in [0.15, 0.2) is 17.3 Å². The highest BCUT2D eigenvalue weighted by atomic mass is 79.9. The first-order valence-corrected chi connectivity index (χ1v) is 18.0. The number of benzene rings is 3. The van der Waals surface area contributed by atoms with Crippen LogP contribution in [-0.2, 0) is 14.3 Å². The van der Waals surface area contributed by atoms with Crippen LogP contribution in [0.25, 0.3) is 33.7 Å². The van der Waals surface area contributed by atoms with Gasteiger partial charge in [0.25, 0.3) is 15.3 Å². The Labute approximate surface area is 300 Å². The van der Waals surface area contributed by atoms with E-state index in [1.807, 2.05) is 0 Å². The summed E-state index contributed by atoms with van der Waals surface area (Å²) in [5, 5.41) is 8.53. The molecule has 0 amide bonds. The molecule has 0 aliphatic rings. The van der Waals surface area contributed by atoms with Crippen LogP contribution in [0.15, 0.2) is 70.7 Å². The second-order valence-electron chi connectivity index (χ2n) is 10.2. The summed E-state index contributed by atoms with van der Waals surface area (Å²) in [6, 6.07) is 11.0. The summed E-state index contributed by atoms with van der Waals surface area (Å²) in [5.74, 6) is 2.50. The van der Waals surface area contributed by atoms with Gasteiger partial charge in [-0.2, -0.15) is 8.42 Å². The van der Waals surface area contributed by atoms with Crippen LogP contribution in [0.2, 0.25) is 0 Å². The van der Waals surface area contributed by atoms with Gasteiger partial charge in [-0.1, -0.05) is 27.7 Å². The standard InChI is InChI=1S/C33H33BrN2O12S2/c1-40-20-16-22(41-2)27-23(17-20)47-29(18-13-24(42-3)30(44-5)25(14-18)43-4)31(28(27)37)46-11-7-8-12-49-33-36-35-32(48-33)21-15-19(34)9-10-26(21)50(38,39)45-6/h9-10,13-17H,7-8,11-12H2,1-6H3. The highest BCUT2D eigenvalue weighted by Gasteiger charge is 2.25. The van der Waals surface area contributed by atoms with Crippen LogP contribution < -0.4 is 33.8 Å². The van der Waals surface area contributed by atoms with Crippen molar-refractivity contribution < 1.29 is 49.9 Å². The average Bonchev–Trinajstić information content (AvgIpc) is 3.61. The summed E-state index contributed by atoms with van der Waals surface area (Å²) < 4.78 is 75.8. The first kappa shape index (κ1) is 36.8. The van der Waals surface area contributed by atoms with E-state index in [-0.39, 0.29) is 56.4 Å². The van der Waals surface area contributed by atoms with Gasteiger partial charge >= 0.3 is 0 Å². The predicted molar refractivity (Wildman–Crippen MR) is 188 cm³/mol. The number of aromatic nitrogens is 2. The highest BCUT2D eigenvalue weighted by molar-refractivity contribution is 9.10.